The maximum absolute atomic E-state index is 11.8. The van der Waals surface area contributed by atoms with Crippen molar-refractivity contribution in [3.63, 3.8) is 0 Å². The Morgan fingerprint density at radius 2 is 2.26 bits per heavy atom. The molecular weight excluding hydrogens is 240 g/mol. The van der Waals surface area contributed by atoms with Crippen molar-refractivity contribution >= 4 is 5.78 Å². The quantitative estimate of drug-likeness (QED) is 0.758. The predicted octanol–water partition coefficient (Wildman–Crippen LogP) is 2.94. The van der Waals surface area contributed by atoms with Crippen molar-refractivity contribution < 1.29 is 14.3 Å². The van der Waals surface area contributed by atoms with Crippen LogP contribution in [0.25, 0.3) is 0 Å². The van der Waals surface area contributed by atoms with Gasteiger partial charge in [-0.25, -0.2) is 0 Å². The van der Waals surface area contributed by atoms with E-state index in [1.807, 2.05) is 13.0 Å². The third kappa shape index (κ3) is 4.06. The highest BCUT2D eigenvalue weighted by atomic mass is 16.5. The lowest BCUT2D eigenvalue weighted by molar-refractivity contribution is -0.119. The van der Waals surface area contributed by atoms with E-state index < -0.39 is 0 Å². The van der Waals surface area contributed by atoms with Crippen LogP contribution in [-0.2, 0) is 22.4 Å². The zero-order chi connectivity index (χ0) is 13.7. The van der Waals surface area contributed by atoms with Gasteiger partial charge in [0.25, 0.3) is 0 Å². The molecule has 1 aliphatic rings. The van der Waals surface area contributed by atoms with Crippen LogP contribution in [0, 0.1) is 0 Å². The van der Waals surface area contributed by atoms with Crippen molar-refractivity contribution in [2.24, 2.45) is 0 Å². The van der Waals surface area contributed by atoms with E-state index in [1.54, 1.807) is 7.11 Å². The number of carbonyl (C=O) groups is 1. The van der Waals surface area contributed by atoms with Crippen molar-refractivity contribution in [2.45, 2.75) is 45.1 Å². The molecule has 1 aromatic carbocycles. The number of hydrogen-bond acceptors (Lipinski definition) is 3. The molecule has 2 rings (SSSR count). The average Bonchev–Trinajstić information content (AvgIpc) is 2.89. The van der Waals surface area contributed by atoms with Gasteiger partial charge in [0.1, 0.15) is 11.5 Å². The van der Waals surface area contributed by atoms with Crippen LogP contribution >= 0.6 is 0 Å². The van der Waals surface area contributed by atoms with Crippen LogP contribution in [0.2, 0.25) is 0 Å². The van der Waals surface area contributed by atoms with E-state index in [0.29, 0.717) is 18.6 Å². The zero-order valence-corrected chi connectivity index (χ0v) is 11.8. The number of aryl methyl sites for hydroxylation is 1. The van der Waals surface area contributed by atoms with Gasteiger partial charge in [-0.3, -0.25) is 4.79 Å². The molecule has 0 spiro atoms. The second-order valence-electron chi connectivity index (χ2n) is 5.16. The van der Waals surface area contributed by atoms with E-state index in [1.165, 1.54) is 11.1 Å². The summed E-state index contributed by atoms with van der Waals surface area (Å²) in [6.07, 6.45) is 4.03. The van der Waals surface area contributed by atoms with E-state index in [-0.39, 0.29) is 6.10 Å². The van der Waals surface area contributed by atoms with Gasteiger partial charge < -0.3 is 9.47 Å². The fraction of sp³-hybridized carbons (Fsp3) is 0.562. The van der Waals surface area contributed by atoms with Gasteiger partial charge in [-0.1, -0.05) is 12.1 Å². The Morgan fingerprint density at radius 1 is 1.42 bits per heavy atom. The van der Waals surface area contributed by atoms with Gasteiger partial charge in [0, 0.05) is 26.4 Å². The van der Waals surface area contributed by atoms with Crippen LogP contribution in [0.4, 0.5) is 0 Å². The molecule has 0 saturated heterocycles. The van der Waals surface area contributed by atoms with Crippen molar-refractivity contribution in [1.29, 1.82) is 0 Å². The molecule has 0 aliphatic carbocycles. The van der Waals surface area contributed by atoms with Gasteiger partial charge in [-0.2, -0.15) is 0 Å². The maximum atomic E-state index is 11.8. The number of methoxy groups -OCH3 is 1. The van der Waals surface area contributed by atoms with Gasteiger partial charge in [0.15, 0.2) is 0 Å². The molecule has 0 saturated carbocycles. The van der Waals surface area contributed by atoms with Crippen molar-refractivity contribution in [2.75, 3.05) is 13.7 Å². The molecule has 1 atom stereocenters. The predicted molar refractivity (Wildman–Crippen MR) is 74.7 cm³/mol. The molecule has 0 amide bonds. The Morgan fingerprint density at radius 3 is 3.05 bits per heavy atom. The monoisotopic (exact) mass is 262 g/mol. The molecule has 1 heterocycles. The van der Waals surface area contributed by atoms with E-state index in [2.05, 4.69) is 12.1 Å². The molecule has 0 fully saturated rings. The van der Waals surface area contributed by atoms with Gasteiger partial charge >= 0.3 is 0 Å². The molecule has 19 heavy (non-hydrogen) atoms. The number of benzene rings is 1. The third-order valence-electron chi connectivity index (χ3n) is 3.68. The highest BCUT2D eigenvalue weighted by Crippen LogP contribution is 2.26. The third-order valence-corrected chi connectivity index (χ3v) is 3.68. The Kier molecular flexibility index (Phi) is 4.97. The summed E-state index contributed by atoms with van der Waals surface area (Å²) in [6, 6.07) is 6.26. The lowest BCUT2D eigenvalue weighted by Gasteiger charge is -2.08. The topological polar surface area (TPSA) is 35.5 Å². The normalized spacial score (nSPS) is 14.8. The molecule has 104 valence electrons. The molecule has 3 nitrogen and oxygen atoms in total. The number of fused-ring (bicyclic) bond motifs is 1. The lowest BCUT2D eigenvalue weighted by atomic mass is 10.0. The first-order valence-corrected chi connectivity index (χ1v) is 6.98. The molecule has 0 aromatic heterocycles. The van der Waals surface area contributed by atoms with Crippen LogP contribution < -0.4 is 4.74 Å². The highest BCUT2D eigenvalue weighted by molar-refractivity contribution is 5.78. The van der Waals surface area contributed by atoms with E-state index >= 15 is 0 Å². The Labute approximate surface area is 114 Å². The minimum atomic E-state index is 0.168. The lowest BCUT2D eigenvalue weighted by Crippen LogP contribution is -2.09. The van der Waals surface area contributed by atoms with E-state index in [9.17, 15) is 4.79 Å². The second-order valence-corrected chi connectivity index (χ2v) is 5.16. The minimum absolute atomic E-state index is 0.168. The highest BCUT2D eigenvalue weighted by Gasteiger charge is 2.12. The number of Topliss-reactive ketones (excluding diaryl/α,β-unsaturated/α-hetero) is 1. The summed E-state index contributed by atoms with van der Waals surface area (Å²) < 4.78 is 10.6. The number of ketones is 1. The smallest absolute Gasteiger partial charge is 0.133 e. The first-order chi connectivity index (χ1) is 9.19. The SMILES string of the molecule is COC(C)CCC(=O)CCc1ccc2c(c1)CCO2. The van der Waals surface area contributed by atoms with Gasteiger partial charge in [-0.15, -0.1) is 0 Å². The number of hydrogen-bond donors (Lipinski definition) is 0. The van der Waals surface area contributed by atoms with E-state index in [0.717, 1.165) is 31.6 Å². The summed E-state index contributed by atoms with van der Waals surface area (Å²) in [7, 11) is 1.68. The summed E-state index contributed by atoms with van der Waals surface area (Å²) in [4.78, 5) is 11.8. The molecule has 0 bridgehead atoms. The van der Waals surface area contributed by atoms with Gasteiger partial charge in [0.2, 0.25) is 0 Å². The Bertz CT molecular complexity index is 440. The van der Waals surface area contributed by atoms with Crippen LogP contribution in [0.15, 0.2) is 18.2 Å². The van der Waals surface area contributed by atoms with Crippen LogP contribution in [0.1, 0.15) is 37.3 Å². The summed E-state index contributed by atoms with van der Waals surface area (Å²) in [6.45, 7) is 2.78. The first kappa shape index (κ1) is 14.1. The van der Waals surface area contributed by atoms with Gasteiger partial charge in [0.05, 0.1) is 12.7 Å². The molecule has 0 radical (unpaired) electrons. The molecule has 1 aromatic rings. The number of carbonyl (C=O) groups excluding carboxylic acids is 1. The molecule has 3 heteroatoms. The fourth-order valence-electron chi connectivity index (χ4n) is 2.29. The second kappa shape index (κ2) is 6.71. The average molecular weight is 262 g/mol. The minimum Gasteiger partial charge on any atom is -0.493 e. The van der Waals surface area contributed by atoms with Gasteiger partial charge in [-0.05, 0) is 37.0 Å². The summed E-state index contributed by atoms with van der Waals surface area (Å²) in [5, 5.41) is 0. The van der Waals surface area contributed by atoms with Crippen molar-refractivity contribution in [3.8, 4) is 5.75 Å². The largest absolute Gasteiger partial charge is 0.493 e. The number of ether oxygens (including phenoxy) is 2. The summed E-state index contributed by atoms with van der Waals surface area (Å²) >= 11 is 0. The maximum Gasteiger partial charge on any atom is 0.133 e. The van der Waals surface area contributed by atoms with Crippen LogP contribution in [-0.4, -0.2) is 25.6 Å². The van der Waals surface area contributed by atoms with E-state index in [4.69, 9.17) is 9.47 Å². The van der Waals surface area contributed by atoms with Crippen LogP contribution in [0.5, 0.6) is 5.75 Å². The summed E-state index contributed by atoms with van der Waals surface area (Å²) in [5.74, 6) is 1.32. The molecular formula is C16H22O3. The Hall–Kier alpha value is -1.35. The first-order valence-electron chi connectivity index (χ1n) is 6.98. The number of rotatable bonds is 7. The standard InChI is InChI=1S/C16H22O3/c1-12(18-2)3-6-15(17)7-4-13-5-8-16-14(11-13)9-10-19-16/h5,8,11-12H,3-4,6-7,9-10H2,1-2H3. The van der Waals surface area contributed by atoms with Crippen molar-refractivity contribution in [1.82, 2.24) is 0 Å². The van der Waals surface area contributed by atoms with Crippen molar-refractivity contribution in [3.05, 3.63) is 29.3 Å². The zero-order valence-electron chi connectivity index (χ0n) is 11.8. The molecule has 1 unspecified atom stereocenters. The van der Waals surface area contributed by atoms with Crippen LogP contribution in [0.3, 0.4) is 0 Å². The fourth-order valence-corrected chi connectivity index (χ4v) is 2.29. The summed E-state index contributed by atoms with van der Waals surface area (Å²) in [5.41, 5.74) is 2.51. The molecule has 1 aliphatic heterocycles. The Balaban J connectivity index is 1.77. The molecule has 0 N–H and O–H groups in total.